The van der Waals surface area contributed by atoms with Gasteiger partial charge in [-0.25, -0.2) is 4.68 Å². The van der Waals surface area contributed by atoms with Crippen molar-refractivity contribution in [2.75, 3.05) is 6.54 Å². The highest BCUT2D eigenvalue weighted by atomic mass is 79.9. The molecule has 1 heterocycles. The second-order valence-corrected chi connectivity index (χ2v) is 7.55. The maximum absolute atomic E-state index is 4.75. The van der Waals surface area contributed by atoms with Crippen LogP contribution in [0.1, 0.15) is 23.6 Å². The average molecular weight is 414 g/mol. The topological polar surface area (TPSA) is 29.6 Å². The first-order valence-electron chi connectivity index (χ1n) is 8.17. The Bertz CT molecular complexity index is 965. The van der Waals surface area contributed by atoms with Crippen LogP contribution in [0.5, 0.6) is 0 Å². The maximum atomic E-state index is 4.75. The third-order valence-electron chi connectivity index (χ3n) is 3.87. The van der Waals surface area contributed by atoms with Gasteiger partial charge in [0.25, 0.3) is 0 Å². The molecule has 0 N–H and O–H groups in total. The summed E-state index contributed by atoms with van der Waals surface area (Å²) in [5.41, 5.74) is 5.74. The Hall–Kier alpha value is -1.98. The van der Waals surface area contributed by atoms with Gasteiger partial charge < -0.3 is 0 Å². The van der Waals surface area contributed by atoms with Crippen LogP contribution in [0.3, 0.4) is 0 Å². The molecule has 3 rings (SSSR count). The highest BCUT2D eigenvalue weighted by Crippen LogP contribution is 2.22. The second kappa shape index (κ2) is 7.93. The largest absolute Gasteiger partial charge is 0.258 e. The lowest BCUT2D eigenvalue weighted by molar-refractivity contribution is 0.833. The van der Waals surface area contributed by atoms with E-state index in [1.807, 2.05) is 29.9 Å². The molecule has 0 saturated carbocycles. The first kappa shape index (κ1) is 17.8. The van der Waals surface area contributed by atoms with Crippen LogP contribution in [0.2, 0.25) is 0 Å². The van der Waals surface area contributed by atoms with Crippen LogP contribution in [0, 0.1) is 13.8 Å². The van der Waals surface area contributed by atoms with E-state index in [0.717, 1.165) is 32.6 Å². The van der Waals surface area contributed by atoms with Gasteiger partial charge in [-0.15, -0.1) is 11.3 Å². The Labute approximate surface area is 160 Å². The fraction of sp³-hybridized carbons (Fsp3) is 0.200. The molecular weight excluding hydrogens is 394 g/mol. The molecule has 1 aromatic heterocycles. The number of benzene rings is 2. The SMILES string of the molecule is CCN=c1scc(-c2ccc(Br)cc2)n1N=Cc1cc(C)ccc1C. The summed E-state index contributed by atoms with van der Waals surface area (Å²) < 4.78 is 2.99. The molecule has 0 unspecified atom stereocenters. The molecule has 2 aromatic carbocycles. The van der Waals surface area contributed by atoms with E-state index in [2.05, 4.69) is 70.5 Å². The summed E-state index contributed by atoms with van der Waals surface area (Å²) in [7, 11) is 0. The Morgan fingerprint density at radius 2 is 1.88 bits per heavy atom. The van der Waals surface area contributed by atoms with Gasteiger partial charge in [-0.3, -0.25) is 4.99 Å². The maximum Gasteiger partial charge on any atom is 0.206 e. The molecule has 128 valence electrons. The van der Waals surface area contributed by atoms with E-state index in [-0.39, 0.29) is 0 Å². The minimum atomic E-state index is 0.735. The molecule has 0 aliphatic carbocycles. The zero-order valence-electron chi connectivity index (χ0n) is 14.5. The summed E-state index contributed by atoms with van der Waals surface area (Å²) in [5, 5.41) is 6.86. The van der Waals surface area contributed by atoms with E-state index in [4.69, 9.17) is 5.10 Å². The number of thiazole rings is 1. The zero-order chi connectivity index (χ0) is 17.8. The molecular formula is C20H20BrN3S. The van der Waals surface area contributed by atoms with Gasteiger partial charge in [0.1, 0.15) is 0 Å². The fourth-order valence-electron chi connectivity index (χ4n) is 2.49. The fourth-order valence-corrected chi connectivity index (χ4v) is 3.66. The number of nitrogens with zero attached hydrogens (tertiary/aromatic N) is 3. The van der Waals surface area contributed by atoms with E-state index < -0.39 is 0 Å². The van der Waals surface area contributed by atoms with Crippen molar-refractivity contribution in [2.24, 2.45) is 10.1 Å². The summed E-state index contributed by atoms with van der Waals surface area (Å²) in [6, 6.07) is 14.7. The van der Waals surface area contributed by atoms with Gasteiger partial charge in [-0.05, 0) is 44.0 Å². The van der Waals surface area contributed by atoms with Gasteiger partial charge in [0, 0.05) is 22.0 Å². The second-order valence-electron chi connectivity index (χ2n) is 5.80. The standard InChI is InChI=1S/C20H20BrN3S/c1-4-22-20-24(23-12-17-11-14(2)5-6-15(17)3)19(13-25-20)16-7-9-18(21)10-8-16/h5-13H,4H2,1-3H3. The smallest absolute Gasteiger partial charge is 0.206 e. The Morgan fingerprint density at radius 3 is 2.60 bits per heavy atom. The first-order chi connectivity index (χ1) is 12.1. The number of aryl methyl sites for hydroxylation is 2. The molecule has 0 amide bonds. The van der Waals surface area contributed by atoms with Crippen molar-refractivity contribution < 1.29 is 0 Å². The Balaban J connectivity index is 2.09. The summed E-state index contributed by atoms with van der Waals surface area (Å²) in [5.74, 6) is 0. The van der Waals surface area contributed by atoms with Crippen LogP contribution >= 0.6 is 27.3 Å². The number of hydrogen-bond acceptors (Lipinski definition) is 3. The van der Waals surface area contributed by atoms with Crippen molar-refractivity contribution in [3.05, 3.63) is 73.8 Å². The molecule has 25 heavy (non-hydrogen) atoms. The summed E-state index contributed by atoms with van der Waals surface area (Å²) in [6.07, 6.45) is 1.92. The minimum absolute atomic E-state index is 0.735. The van der Waals surface area contributed by atoms with Crippen LogP contribution in [0.25, 0.3) is 11.3 Å². The molecule has 0 saturated heterocycles. The van der Waals surface area contributed by atoms with Crippen molar-refractivity contribution in [1.29, 1.82) is 0 Å². The molecule has 0 radical (unpaired) electrons. The van der Waals surface area contributed by atoms with Gasteiger partial charge in [0.05, 0.1) is 11.9 Å². The van der Waals surface area contributed by atoms with Gasteiger partial charge in [0.15, 0.2) is 0 Å². The molecule has 5 heteroatoms. The van der Waals surface area contributed by atoms with Crippen LogP contribution in [0.4, 0.5) is 0 Å². The van der Waals surface area contributed by atoms with Crippen LogP contribution in [-0.4, -0.2) is 17.4 Å². The van der Waals surface area contributed by atoms with Crippen molar-refractivity contribution in [3.63, 3.8) is 0 Å². The monoisotopic (exact) mass is 413 g/mol. The molecule has 3 nitrogen and oxygen atoms in total. The highest BCUT2D eigenvalue weighted by Gasteiger charge is 2.07. The Morgan fingerprint density at radius 1 is 1.12 bits per heavy atom. The first-order valence-corrected chi connectivity index (χ1v) is 9.84. The molecule has 0 spiro atoms. The lowest BCUT2D eigenvalue weighted by Gasteiger charge is -2.05. The molecule has 0 atom stereocenters. The predicted octanol–water partition coefficient (Wildman–Crippen LogP) is 5.40. The third kappa shape index (κ3) is 4.17. The number of aromatic nitrogens is 1. The van der Waals surface area contributed by atoms with Gasteiger partial charge in [-0.2, -0.15) is 5.10 Å². The lowest BCUT2D eigenvalue weighted by Crippen LogP contribution is -2.12. The van der Waals surface area contributed by atoms with E-state index in [0.29, 0.717) is 0 Å². The zero-order valence-corrected chi connectivity index (χ0v) is 16.9. The molecule has 0 aliphatic rings. The Kier molecular flexibility index (Phi) is 5.66. The minimum Gasteiger partial charge on any atom is -0.258 e. The van der Waals surface area contributed by atoms with E-state index in [9.17, 15) is 0 Å². The van der Waals surface area contributed by atoms with Crippen molar-refractivity contribution in [3.8, 4) is 11.3 Å². The van der Waals surface area contributed by atoms with E-state index in [1.165, 1.54) is 11.1 Å². The lowest BCUT2D eigenvalue weighted by atomic mass is 10.1. The summed E-state index contributed by atoms with van der Waals surface area (Å²) >= 11 is 5.10. The number of rotatable bonds is 4. The van der Waals surface area contributed by atoms with Crippen molar-refractivity contribution >= 4 is 33.5 Å². The van der Waals surface area contributed by atoms with Crippen molar-refractivity contribution in [1.82, 2.24) is 4.68 Å². The van der Waals surface area contributed by atoms with Crippen LogP contribution in [-0.2, 0) is 0 Å². The van der Waals surface area contributed by atoms with Crippen LogP contribution in [0.15, 0.2) is 62.4 Å². The average Bonchev–Trinajstić information content (AvgIpc) is 2.99. The third-order valence-corrected chi connectivity index (χ3v) is 5.25. The quantitative estimate of drug-likeness (QED) is 0.512. The van der Waals surface area contributed by atoms with Crippen LogP contribution < -0.4 is 4.80 Å². The van der Waals surface area contributed by atoms with E-state index in [1.54, 1.807) is 11.3 Å². The van der Waals surface area contributed by atoms with Crippen molar-refractivity contribution in [2.45, 2.75) is 20.8 Å². The number of hydrogen-bond donors (Lipinski definition) is 0. The summed E-state index contributed by atoms with van der Waals surface area (Å²) in [6.45, 7) is 6.97. The molecule has 0 bridgehead atoms. The predicted molar refractivity (Wildman–Crippen MR) is 110 cm³/mol. The van der Waals surface area contributed by atoms with Gasteiger partial charge in [0.2, 0.25) is 4.80 Å². The van der Waals surface area contributed by atoms with Gasteiger partial charge >= 0.3 is 0 Å². The van der Waals surface area contributed by atoms with E-state index >= 15 is 0 Å². The normalized spacial score (nSPS) is 12.2. The molecule has 3 aromatic rings. The highest BCUT2D eigenvalue weighted by molar-refractivity contribution is 9.10. The molecule has 0 fully saturated rings. The van der Waals surface area contributed by atoms with Gasteiger partial charge in [-0.1, -0.05) is 51.8 Å². The molecule has 0 aliphatic heterocycles. The number of halogens is 1. The summed E-state index contributed by atoms with van der Waals surface area (Å²) in [4.78, 5) is 5.49.